The maximum absolute atomic E-state index is 11.1. The predicted molar refractivity (Wildman–Crippen MR) is 41.0 cm³/mol. The highest BCUT2D eigenvalue weighted by Crippen LogP contribution is 2.11. The Morgan fingerprint density at radius 1 is 1.60 bits per heavy atom. The van der Waals surface area contributed by atoms with Crippen LogP contribution in [-0.4, -0.2) is 29.8 Å². The van der Waals surface area contributed by atoms with Crippen molar-refractivity contribution in [1.29, 1.82) is 0 Å². The van der Waals surface area contributed by atoms with E-state index in [0.29, 0.717) is 12.2 Å². The third-order valence-corrected chi connectivity index (χ3v) is 2.25. The minimum absolute atomic E-state index is 0.179. The number of rotatable bonds is 3. The van der Waals surface area contributed by atoms with Gasteiger partial charge in [0.05, 0.1) is 6.04 Å². The molecule has 0 spiro atoms. The molecular weight excluding hydrogens is 126 g/mol. The van der Waals surface area contributed by atoms with Crippen molar-refractivity contribution >= 4 is 5.78 Å². The molecule has 0 amide bonds. The fraction of sp³-hybridized carbons (Fsp3) is 0.875. The first-order valence-corrected chi connectivity index (χ1v) is 4.02. The smallest absolute Gasteiger partial charge is 0.149 e. The Morgan fingerprint density at radius 2 is 2.20 bits per heavy atom. The van der Waals surface area contributed by atoms with Gasteiger partial charge in [0.1, 0.15) is 5.78 Å². The van der Waals surface area contributed by atoms with Gasteiger partial charge in [0.25, 0.3) is 0 Å². The zero-order chi connectivity index (χ0) is 7.56. The summed E-state index contributed by atoms with van der Waals surface area (Å²) in [6.07, 6.45) is 1.94. The van der Waals surface area contributed by atoms with Crippen LogP contribution in [0.15, 0.2) is 0 Å². The Labute approximate surface area is 62.2 Å². The van der Waals surface area contributed by atoms with Gasteiger partial charge < -0.3 is 0 Å². The molecule has 1 aliphatic rings. The van der Waals surface area contributed by atoms with E-state index in [0.717, 1.165) is 13.1 Å². The number of carbonyl (C=O) groups excluding carboxylic acids is 1. The van der Waals surface area contributed by atoms with Crippen LogP contribution in [-0.2, 0) is 4.79 Å². The Balaban J connectivity index is 2.31. The summed E-state index contributed by atoms with van der Waals surface area (Å²) < 4.78 is 0. The van der Waals surface area contributed by atoms with Gasteiger partial charge in [0, 0.05) is 19.5 Å². The van der Waals surface area contributed by atoms with Gasteiger partial charge >= 0.3 is 0 Å². The summed E-state index contributed by atoms with van der Waals surface area (Å²) in [5.74, 6) is 0.375. The molecular formula is C8H15NO. The standard InChI is InChI=1S/C8H15NO/c1-3-8(10)7(2)9-5-4-6-9/h7H,3-6H2,1-2H3. The first-order chi connectivity index (χ1) is 4.75. The third-order valence-electron chi connectivity index (χ3n) is 2.25. The van der Waals surface area contributed by atoms with E-state index in [1.54, 1.807) is 0 Å². The lowest BCUT2D eigenvalue weighted by atomic mass is 10.1. The lowest BCUT2D eigenvalue weighted by Gasteiger charge is -2.35. The normalized spacial score (nSPS) is 21.8. The largest absolute Gasteiger partial charge is 0.298 e. The van der Waals surface area contributed by atoms with E-state index in [4.69, 9.17) is 0 Å². The van der Waals surface area contributed by atoms with Crippen LogP contribution in [0.1, 0.15) is 26.7 Å². The second kappa shape index (κ2) is 3.15. The second-order valence-electron chi connectivity index (χ2n) is 2.89. The number of hydrogen-bond donors (Lipinski definition) is 0. The summed E-state index contributed by atoms with van der Waals surface area (Å²) in [6, 6.07) is 0.179. The van der Waals surface area contributed by atoms with Crippen LogP contribution < -0.4 is 0 Å². The summed E-state index contributed by atoms with van der Waals surface area (Å²) in [5, 5.41) is 0. The monoisotopic (exact) mass is 141 g/mol. The van der Waals surface area contributed by atoms with Gasteiger partial charge in [0.2, 0.25) is 0 Å². The molecule has 58 valence electrons. The summed E-state index contributed by atoms with van der Waals surface area (Å²) >= 11 is 0. The van der Waals surface area contributed by atoms with Crippen molar-refractivity contribution in [3.8, 4) is 0 Å². The quantitative estimate of drug-likeness (QED) is 0.585. The van der Waals surface area contributed by atoms with Crippen LogP contribution in [0.25, 0.3) is 0 Å². The van der Waals surface area contributed by atoms with E-state index in [-0.39, 0.29) is 6.04 Å². The van der Waals surface area contributed by atoms with Crippen molar-refractivity contribution in [2.45, 2.75) is 32.7 Å². The van der Waals surface area contributed by atoms with Crippen molar-refractivity contribution in [3.05, 3.63) is 0 Å². The zero-order valence-electron chi connectivity index (χ0n) is 6.76. The molecule has 1 saturated heterocycles. The number of Topliss-reactive ketones (excluding diaryl/α,β-unsaturated/α-hetero) is 1. The highest BCUT2D eigenvalue weighted by atomic mass is 16.1. The number of ketones is 1. The molecule has 1 heterocycles. The molecule has 2 heteroatoms. The molecule has 0 bridgehead atoms. The van der Waals surface area contributed by atoms with Crippen LogP contribution in [0.2, 0.25) is 0 Å². The van der Waals surface area contributed by atoms with Crippen LogP contribution in [0, 0.1) is 0 Å². The molecule has 10 heavy (non-hydrogen) atoms. The number of hydrogen-bond acceptors (Lipinski definition) is 2. The van der Waals surface area contributed by atoms with Gasteiger partial charge in [-0.1, -0.05) is 6.92 Å². The SMILES string of the molecule is CCC(=O)C(C)N1CCC1. The highest BCUT2D eigenvalue weighted by molar-refractivity contribution is 5.83. The van der Waals surface area contributed by atoms with Gasteiger partial charge in [-0.3, -0.25) is 9.69 Å². The van der Waals surface area contributed by atoms with E-state index in [2.05, 4.69) is 4.90 Å². The first-order valence-electron chi connectivity index (χ1n) is 4.02. The number of carbonyl (C=O) groups is 1. The predicted octanol–water partition coefficient (Wildman–Crippen LogP) is 1.06. The number of likely N-dealkylation sites (tertiary alicyclic amines) is 1. The molecule has 1 unspecified atom stereocenters. The minimum Gasteiger partial charge on any atom is -0.298 e. The lowest BCUT2D eigenvalue weighted by molar-refractivity contribution is -0.124. The summed E-state index contributed by atoms with van der Waals surface area (Å²) in [7, 11) is 0. The topological polar surface area (TPSA) is 20.3 Å². The molecule has 1 rings (SSSR count). The van der Waals surface area contributed by atoms with Gasteiger partial charge in [-0.2, -0.15) is 0 Å². The van der Waals surface area contributed by atoms with E-state index < -0.39 is 0 Å². The lowest BCUT2D eigenvalue weighted by Crippen LogP contribution is -2.47. The Hall–Kier alpha value is -0.370. The third kappa shape index (κ3) is 1.37. The second-order valence-corrected chi connectivity index (χ2v) is 2.89. The maximum Gasteiger partial charge on any atom is 0.149 e. The van der Waals surface area contributed by atoms with Crippen LogP contribution >= 0.6 is 0 Å². The molecule has 0 aromatic carbocycles. The minimum atomic E-state index is 0.179. The number of nitrogens with zero attached hydrogens (tertiary/aromatic N) is 1. The Morgan fingerprint density at radius 3 is 2.50 bits per heavy atom. The molecule has 0 N–H and O–H groups in total. The van der Waals surface area contributed by atoms with E-state index >= 15 is 0 Å². The van der Waals surface area contributed by atoms with Crippen molar-refractivity contribution in [2.24, 2.45) is 0 Å². The summed E-state index contributed by atoms with van der Waals surface area (Å²) in [4.78, 5) is 13.3. The molecule has 2 nitrogen and oxygen atoms in total. The van der Waals surface area contributed by atoms with Gasteiger partial charge in [-0.15, -0.1) is 0 Å². The Kier molecular flexibility index (Phi) is 2.44. The van der Waals surface area contributed by atoms with Gasteiger partial charge in [0.15, 0.2) is 0 Å². The molecule has 0 saturated carbocycles. The summed E-state index contributed by atoms with van der Waals surface area (Å²) in [5.41, 5.74) is 0. The molecule has 0 aromatic rings. The van der Waals surface area contributed by atoms with E-state index in [1.165, 1.54) is 6.42 Å². The fourth-order valence-corrected chi connectivity index (χ4v) is 1.23. The average molecular weight is 141 g/mol. The first kappa shape index (κ1) is 7.73. The van der Waals surface area contributed by atoms with Crippen LogP contribution in [0.5, 0.6) is 0 Å². The van der Waals surface area contributed by atoms with Crippen molar-refractivity contribution in [2.75, 3.05) is 13.1 Å². The molecule has 1 aliphatic heterocycles. The van der Waals surface area contributed by atoms with E-state index in [1.807, 2.05) is 13.8 Å². The Bertz CT molecular complexity index is 129. The molecule has 0 aromatic heterocycles. The van der Waals surface area contributed by atoms with Crippen LogP contribution in [0.3, 0.4) is 0 Å². The van der Waals surface area contributed by atoms with Crippen molar-refractivity contribution < 1.29 is 4.79 Å². The van der Waals surface area contributed by atoms with Gasteiger partial charge in [-0.05, 0) is 13.3 Å². The van der Waals surface area contributed by atoms with Gasteiger partial charge in [-0.25, -0.2) is 0 Å². The highest BCUT2D eigenvalue weighted by Gasteiger charge is 2.23. The molecule has 0 radical (unpaired) electrons. The maximum atomic E-state index is 11.1. The van der Waals surface area contributed by atoms with Crippen molar-refractivity contribution in [1.82, 2.24) is 4.90 Å². The van der Waals surface area contributed by atoms with E-state index in [9.17, 15) is 4.79 Å². The molecule has 0 aliphatic carbocycles. The van der Waals surface area contributed by atoms with Crippen LogP contribution in [0.4, 0.5) is 0 Å². The molecule has 1 atom stereocenters. The summed E-state index contributed by atoms with van der Waals surface area (Å²) in [6.45, 7) is 6.17. The zero-order valence-corrected chi connectivity index (χ0v) is 6.76. The average Bonchev–Trinajstić information content (AvgIpc) is 1.82. The molecule has 1 fully saturated rings. The van der Waals surface area contributed by atoms with Crippen molar-refractivity contribution in [3.63, 3.8) is 0 Å². The fourth-order valence-electron chi connectivity index (χ4n) is 1.23.